The number of halogens is 1. The van der Waals surface area contributed by atoms with Gasteiger partial charge in [-0.1, -0.05) is 0 Å². The van der Waals surface area contributed by atoms with Gasteiger partial charge in [0.05, 0.1) is 10.6 Å². The number of rotatable bonds is 5. The highest BCUT2D eigenvalue weighted by Gasteiger charge is 2.19. The Morgan fingerprint density at radius 3 is 2.44 bits per heavy atom. The van der Waals surface area contributed by atoms with Crippen molar-refractivity contribution >= 4 is 34.4 Å². The van der Waals surface area contributed by atoms with Crippen molar-refractivity contribution < 1.29 is 18.7 Å². The summed E-state index contributed by atoms with van der Waals surface area (Å²) in [5.74, 6) is -1.14. The van der Waals surface area contributed by atoms with Gasteiger partial charge in [0.2, 0.25) is 5.78 Å². The molecule has 7 heteroatoms. The Bertz CT molecular complexity index is 928. The topological polar surface area (TPSA) is 56.3 Å². The van der Waals surface area contributed by atoms with E-state index in [0.29, 0.717) is 20.5 Å². The summed E-state index contributed by atoms with van der Waals surface area (Å²) in [5.41, 5.74) is 1.24. The number of carbonyl (C=O) groups excluding carboxylic acids is 2. The highest BCUT2D eigenvalue weighted by molar-refractivity contribution is 7.17. The Labute approximate surface area is 151 Å². The number of Topliss-reactive ketones (excluding diaryl/α,β-unsaturated/α-hetero) is 1. The fourth-order valence-electron chi connectivity index (χ4n) is 2.15. The van der Waals surface area contributed by atoms with Crippen molar-refractivity contribution in [1.29, 1.82) is 0 Å². The second kappa shape index (κ2) is 7.25. The number of nitrogens with zero attached hydrogens (tertiary/aromatic N) is 1. The minimum Gasteiger partial charge on any atom is -0.453 e. The van der Waals surface area contributed by atoms with Gasteiger partial charge >= 0.3 is 5.97 Å². The highest BCUT2D eigenvalue weighted by atomic mass is 32.1. The summed E-state index contributed by atoms with van der Waals surface area (Å²) in [6.07, 6.45) is 0. The molecule has 0 N–H and O–H groups in total. The molecule has 0 spiro atoms. The number of hydrogen-bond donors (Lipinski definition) is 0. The molecule has 0 bridgehead atoms. The average molecular weight is 375 g/mol. The van der Waals surface area contributed by atoms with Crippen LogP contribution in [0.5, 0.6) is 0 Å². The summed E-state index contributed by atoms with van der Waals surface area (Å²) in [5, 5.41) is 0.602. The molecule has 0 aliphatic rings. The van der Waals surface area contributed by atoms with Gasteiger partial charge in [0, 0.05) is 10.4 Å². The van der Waals surface area contributed by atoms with Gasteiger partial charge in [0.1, 0.15) is 15.7 Å². The van der Waals surface area contributed by atoms with Crippen molar-refractivity contribution in [1.82, 2.24) is 4.98 Å². The number of thiazole rings is 1. The Hall–Kier alpha value is -2.38. The Kier molecular flexibility index (Phi) is 5.06. The molecule has 0 atom stereocenters. The number of benzene rings is 1. The van der Waals surface area contributed by atoms with E-state index in [0.717, 1.165) is 21.8 Å². The number of aryl methyl sites for hydroxylation is 2. The van der Waals surface area contributed by atoms with Crippen LogP contribution in [0.2, 0.25) is 0 Å². The van der Waals surface area contributed by atoms with Crippen molar-refractivity contribution in [3.05, 3.63) is 62.5 Å². The van der Waals surface area contributed by atoms with Crippen molar-refractivity contribution in [3.63, 3.8) is 0 Å². The number of carbonyl (C=O) groups is 2. The molecule has 0 amide bonds. The lowest BCUT2D eigenvalue weighted by Gasteiger charge is -2.01. The van der Waals surface area contributed by atoms with E-state index in [4.69, 9.17) is 4.74 Å². The number of ketones is 1. The molecule has 0 unspecified atom stereocenters. The fourth-order valence-corrected chi connectivity index (χ4v) is 3.91. The van der Waals surface area contributed by atoms with Gasteiger partial charge in [-0.05, 0) is 50.2 Å². The second-order valence-electron chi connectivity index (χ2n) is 5.35. The first-order valence-electron chi connectivity index (χ1n) is 7.44. The summed E-state index contributed by atoms with van der Waals surface area (Å²) < 4.78 is 18.1. The lowest BCUT2D eigenvalue weighted by Crippen LogP contribution is -2.13. The summed E-state index contributed by atoms with van der Waals surface area (Å²) in [6.45, 7) is 3.30. The summed E-state index contributed by atoms with van der Waals surface area (Å²) in [7, 11) is 0. The van der Waals surface area contributed by atoms with Crippen LogP contribution in [0.3, 0.4) is 0 Å². The van der Waals surface area contributed by atoms with E-state index in [2.05, 4.69) is 4.98 Å². The van der Waals surface area contributed by atoms with Crippen LogP contribution < -0.4 is 0 Å². The standard InChI is InChI=1S/C18H14FNO3S2/c1-10-3-8-15(24-10)14(21)9-23-18(22)16-11(2)20-17(25-16)12-4-6-13(19)7-5-12/h3-8H,9H2,1-2H3. The zero-order chi connectivity index (χ0) is 18.0. The number of hydrogen-bond acceptors (Lipinski definition) is 6. The third-order valence-corrected chi connectivity index (χ3v) is 5.65. The minimum absolute atomic E-state index is 0.229. The van der Waals surface area contributed by atoms with Gasteiger partial charge in [-0.25, -0.2) is 14.2 Å². The van der Waals surface area contributed by atoms with Crippen LogP contribution in [-0.2, 0) is 4.74 Å². The predicted molar refractivity (Wildman–Crippen MR) is 95.9 cm³/mol. The van der Waals surface area contributed by atoms with E-state index in [1.807, 2.05) is 13.0 Å². The largest absolute Gasteiger partial charge is 0.453 e. The Balaban J connectivity index is 1.70. The Morgan fingerprint density at radius 1 is 1.08 bits per heavy atom. The van der Waals surface area contributed by atoms with Crippen LogP contribution in [-0.4, -0.2) is 23.3 Å². The van der Waals surface area contributed by atoms with Crippen molar-refractivity contribution in [3.8, 4) is 10.6 Å². The molecule has 128 valence electrons. The van der Waals surface area contributed by atoms with E-state index in [-0.39, 0.29) is 18.2 Å². The summed E-state index contributed by atoms with van der Waals surface area (Å²) in [6, 6.07) is 9.46. The third-order valence-electron chi connectivity index (χ3n) is 3.42. The van der Waals surface area contributed by atoms with Crippen LogP contribution in [0, 0.1) is 19.7 Å². The molecule has 0 fully saturated rings. The molecular weight excluding hydrogens is 361 g/mol. The van der Waals surface area contributed by atoms with E-state index in [1.165, 1.54) is 23.5 Å². The number of esters is 1. The molecule has 0 saturated heterocycles. The minimum atomic E-state index is -0.579. The molecular formula is C18H14FNO3S2. The SMILES string of the molecule is Cc1ccc(C(=O)COC(=O)c2sc(-c3ccc(F)cc3)nc2C)s1. The number of aromatic nitrogens is 1. The third kappa shape index (κ3) is 4.00. The van der Waals surface area contributed by atoms with Crippen molar-refractivity contribution in [2.45, 2.75) is 13.8 Å². The fraction of sp³-hybridized carbons (Fsp3) is 0.167. The first-order chi connectivity index (χ1) is 11.9. The van der Waals surface area contributed by atoms with E-state index in [1.54, 1.807) is 25.1 Å². The molecule has 4 nitrogen and oxygen atoms in total. The smallest absolute Gasteiger partial charge is 0.350 e. The van der Waals surface area contributed by atoms with Gasteiger partial charge in [-0.2, -0.15) is 0 Å². The van der Waals surface area contributed by atoms with Gasteiger partial charge in [-0.15, -0.1) is 22.7 Å². The molecule has 0 aliphatic heterocycles. The Morgan fingerprint density at radius 2 is 1.80 bits per heavy atom. The molecule has 3 aromatic rings. The zero-order valence-electron chi connectivity index (χ0n) is 13.5. The van der Waals surface area contributed by atoms with Gasteiger partial charge in [0.15, 0.2) is 6.61 Å². The van der Waals surface area contributed by atoms with Crippen LogP contribution in [0.15, 0.2) is 36.4 Å². The van der Waals surface area contributed by atoms with Gasteiger partial charge in [-0.3, -0.25) is 4.79 Å². The molecule has 25 heavy (non-hydrogen) atoms. The predicted octanol–water partition coefficient (Wildman–Crippen LogP) is 4.67. The van der Waals surface area contributed by atoms with E-state index in [9.17, 15) is 14.0 Å². The van der Waals surface area contributed by atoms with Gasteiger partial charge < -0.3 is 4.74 Å². The maximum atomic E-state index is 13.0. The molecule has 2 aromatic heterocycles. The zero-order valence-corrected chi connectivity index (χ0v) is 15.2. The summed E-state index contributed by atoms with van der Waals surface area (Å²) in [4.78, 5) is 30.5. The molecule has 1 aromatic carbocycles. The summed E-state index contributed by atoms with van der Waals surface area (Å²) >= 11 is 2.53. The van der Waals surface area contributed by atoms with E-state index < -0.39 is 5.97 Å². The monoisotopic (exact) mass is 375 g/mol. The molecule has 2 heterocycles. The first kappa shape index (κ1) is 17.4. The lowest BCUT2D eigenvalue weighted by atomic mass is 10.2. The van der Waals surface area contributed by atoms with Crippen LogP contribution >= 0.6 is 22.7 Å². The first-order valence-corrected chi connectivity index (χ1v) is 9.07. The molecule has 3 rings (SSSR count). The molecule has 0 saturated carbocycles. The maximum absolute atomic E-state index is 13.0. The molecule has 0 radical (unpaired) electrons. The van der Waals surface area contributed by atoms with Crippen molar-refractivity contribution in [2.24, 2.45) is 0 Å². The van der Waals surface area contributed by atoms with Gasteiger partial charge in [0.25, 0.3) is 0 Å². The lowest BCUT2D eigenvalue weighted by molar-refractivity contribution is 0.0479. The normalized spacial score (nSPS) is 10.7. The number of ether oxygens (including phenoxy) is 1. The van der Waals surface area contributed by atoms with E-state index >= 15 is 0 Å². The van der Waals surface area contributed by atoms with Crippen molar-refractivity contribution in [2.75, 3.05) is 6.61 Å². The molecule has 0 aliphatic carbocycles. The van der Waals surface area contributed by atoms with Crippen LogP contribution in [0.4, 0.5) is 4.39 Å². The second-order valence-corrected chi connectivity index (χ2v) is 7.64. The number of thiophene rings is 1. The quantitative estimate of drug-likeness (QED) is 0.480. The van der Waals surface area contributed by atoms with Crippen LogP contribution in [0.25, 0.3) is 10.6 Å². The average Bonchev–Trinajstić information content (AvgIpc) is 3.19. The maximum Gasteiger partial charge on any atom is 0.350 e. The van der Waals surface area contributed by atoms with Crippen LogP contribution in [0.1, 0.15) is 29.9 Å². The highest BCUT2D eigenvalue weighted by Crippen LogP contribution is 2.28.